The first-order valence-corrected chi connectivity index (χ1v) is 4.77. The van der Waals surface area contributed by atoms with Gasteiger partial charge in [0.15, 0.2) is 0 Å². The Kier molecular flexibility index (Phi) is 6.94. The van der Waals surface area contributed by atoms with E-state index < -0.39 is 23.3 Å². The third-order valence-corrected chi connectivity index (χ3v) is 1.75. The number of rotatable bonds is 4. The summed E-state index contributed by atoms with van der Waals surface area (Å²) in [6.07, 6.45) is 2.77. The molecule has 0 saturated carbocycles. The van der Waals surface area contributed by atoms with Crippen LogP contribution in [0.15, 0.2) is 24.5 Å². The second-order valence-corrected chi connectivity index (χ2v) is 3.01. The van der Waals surface area contributed by atoms with Crippen molar-refractivity contribution in [2.24, 2.45) is 0 Å². The van der Waals surface area contributed by atoms with Gasteiger partial charge in [-0.25, -0.2) is 9.18 Å². The quantitative estimate of drug-likeness (QED) is 0.277. The van der Waals surface area contributed by atoms with Crippen molar-refractivity contribution < 1.29 is 23.8 Å². The summed E-state index contributed by atoms with van der Waals surface area (Å²) in [5.74, 6) is -3.31. The minimum absolute atomic E-state index is 0. The Hall–Kier alpha value is -1.64. The average Bonchev–Trinajstić information content (AvgIpc) is 2.29. The summed E-state index contributed by atoms with van der Waals surface area (Å²) in [5, 5.41) is 9.46. The van der Waals surface area contributed by atoms with Crippen molar-refractivity contribution in [1.29, 1.82) is 0 Å². The third-order valence-electron chi connectivity index (χ3n) is 1.75. The van der Waals surface area contributed by atoms with E-state index in [2.05, 4.69) is 9.72 Å². The molecule has 1 aromatic rings. The number of carbonyl (C=O) groups is 2. The predicted molar refractivity (Wildman–Crippen MR) is 63.6 cm³/mol. The van der Waals surface area contributed by atoms with Gasteiger partial charge in [-0.3, -0.25) is 9.78 Å². The molecule has 0 aromatic carbocycles. The van der Waals surface area contributed by atoms with Gasteiger partial charge in [0.05, 0.1) is 12.8 Å². The van der Waals surface area contributed by atoms with Crippen LogP contribution >= 0.6 is 0 Å². The van der Waals surface area contributed by atoms with Gasteiger partial charge in [0.2, 0.25) is 0 Å². The molecule has 92 valence electrons. The van der Waals surface area contributed by atoms with Gasteiger partial charge in [-0.05, 0) is 13.0 Å². The van der Waals surface area contributed by atoms with Gasteiger partial charge in [0.1, 0.15) is 11.6 Å². The molecule has 18 heavy (non-hydrogen) atoms. The number of hydrogen-bond acceptors (Lipinski definition) is 5. The summed E-state index contributed by atoms with van der Waals surface area (Å²) in [6, 6.07) is 0.983. The fraction of sp³-hybridized carbons (Fsp3) is 0.182. The summed E-state index contributed by atoms with van der Waals surface area (Å²) in [6.45, 7) is 1.60. The molecule has 0 aliphatic heterocycles. The molecule has 0 saturated heterocycles. The summed E-state index contributed by atoms with van der Waals surface area (Å²) in [7, 11) is 0. The molecule has 1 aromatic heterocycles. The summed E-state index contributed by atoms with van der Waals surface area (Å²) in [5.41, 5.74) is 0.00245. The van der Waals surface area contributed by atoms with Crippen LogP contribution in [-0.4, -0.2) is 47.3 Å². The molecule has 1 rings (SSSR count). The minimum atomic E-state index is -1.08. The van der Waals surface area contributed by atoms with E-state index in [0.717, 1.165) is 18.5 Å². The molecule has 0 atom stereocenters. The number of carbonyl (C=O) groups excluding carboxylic acids is 2. The Labute approximate surface area is 115 Å². The van der Waals surface area contributed by atoms with E-state index in [1.54, 1.807) is 6.92 Å². The topological polar surface area (TPSA) is 76.5 Å². The van der Waals surface area contributed by atoms with E-state index in [1.807, 2.05) is 0 Å². The van der Waals surface area contributed by atoms with Gasteiger partial charge in [-0.1, -0.05) is 0 Å². The van der Waals surface area contributed by atoms with Gasteiger partial charge in [0.25, 0.3) is 5.78 Å². The molecule has 0 amide bonds. The number of aliphatic hydroxyl groups excluding tert-OH is 1. The normalized spacial score (nSPS) is 10.4. The van der Waals surface area contributed by atoms with Gasteiger partial charge >= 0.3 is 24.8 Å². The predicted octanol–water partition coefficient (Wildman–Crippen LogP) is 0.603. The van der Waals surface area contributed by atoms with Crippen molar-refractivity contribution in [2.75, 3.05) is 6.61 Å². The number of halogens is 1. The van der Waals surface area contributed by atoms with E-state index in [9.17, 15) is 19.1 Å². The van der Waals surface area contributed by atoms with Crippen LogP contribution in [-0.2, 0) is 14.3 Å². The van der Waals surface area contributed by atoms with Gasteiger partial charge in [-0.15, -0.1) is 0 Å². The number of aliphatic hydroxyl groups is 1. The molecule has 0 bridgehead atoms. The molecule has 0 radical (unpaired) electrons. The Balaban J connectivity index is 0.00000289. The van der Waals surface area contributed by atoms with Gasteiger partial charge in [-0.2, -0.15) is 0 Å². The number of ketones is 1. The van der Waals surface area contributed by atoms with Crippen molar-refractivity contribution in [3.63, 3.8) is 0 Å². The first kappa shape index (κ1) is 16.4. The average molecular weight is 247 g/mol. The van der Waals surface area contributed by atoms with Crippen LogP contribution in [0.2, 0.25) is 0 Å². The van der Waals surface area contributed by atoms with E-state index in [1.165, 1.54) is 0 Å². The number of esters is 1. The Morgan fingerprint density at radius 2 is 2.17 bits per heavy atom. The molecule has 0 aliphatic rings. The second kappa shape index (κ2) is 7.64. The van der Waals surface area contributed by atoms with Crippen molar-refractivity contribution in [3.8, 4) is 0 Å². The Bertz CT molecular complexity index is 476. The van der Waals surface area contributed by atoms with Crippen LogP contribution in [0.25, 0.3) is 5.76 Å². The molecule has 0 fully saturated rings. The van der Waals surface area contributed by atoms with E-state index in [0.29, 0.717) is 6.08 Å². The van der Waals surface area contributed by atoms with Crippen molar-refractivity contribution in [3.05, 3.63) is 35.9 Å². The molecule has 5 nitrogen and oxygen atoms in total. The molecule has 7 heteroatoms. The van der Waals surface area contributed by atoms with E-state index in [4.69, 9.17) is 0 Å². The summed E-state index contributed by atoms with van der Waals surface area (Å²) >= 11 is 0. The Morgan fingerprint density at radius 1 is 1.50 bits per heavy atom. The molecule has 0 unspecified atom stereocenters. The number of pyridine rings is 1. The maximum absolute atomic E-state index is 12.8. The van der Waals surface area contributed by atoms with Crippen molar-refractivity contribution in [1.82, 2.24) is 4.98 Å². The van der Waals surface area contributed by atoms with Crippen LogP contribution in [0.3, 0.4) is 0 Å². The number of hydrogen-bond donors (Lipinski definition) is 1. The third kappa shape index (κ3) is 4.70. The van der Waals surface area contributed by atoms with E-state index >= 15 is 0 Å². The van der Waals surface area contributed by atoms with Crippen LogP contribution in [0, 0.1) is 5.82 Å². The first-order valence-electron chi connectivity index (χ1n) is 4.77. The summed E-state index contributed by atoms with van der Waals surface area (Å²) < 4.78 is 17.2. The Morgan fingerprint density at radius 3 is 2.72 bits per heavy atom. The zero-order chi connectivity index (χ0) is 12.8. The van der Waals surface area contributed by atoms with Crippen LogP contribution < -0.4 is 0 Å². The summed E-state index contributed by atoms with van der Waals surface area (Å²) in [4.78, 5) is 25.6. The monoisotopic (exact) mass is 247 g/mol. The number of aromatic nitrogens is 1. The van der Waals surface area contributed by atoms with Gasteiger partial charge in [0, 0.05) is 17.8 Å². The SMILES string of the molecule is CCOC(=O)C(=O)C=C(O)c1cncc(F)c1.[LiH]. The van der Waals surface area contributed by atoms with Gasteiger partial charge < -0.3 is 9.84 Å². The fourth-order valence-electron chi connectivity index (χ4n) is 1.02. The molecule has 1 N–H and O–H groups in total. The molecule has 0 aliphatic carbocycles. The zero-order valence-electron chi connectivity index (χ0n) is 9.01. The zero-order valence-corrected chi connectivity index (χ0v) is 9.01. The maximum atomic E-state index is 12.8. The van der Waals surface area contributed by atoms with Crippen molar-refractivity contribution in [2.45, 2.75) is 6.92 Å². The molecule has 1 heterocycles. The van der Waals surface area contributed by atoms with Crippen LogP contribution in [0.1, 0.15) is 12.5 Å². The standard InChI is InChI=1S/C11H10FNO4.Li.H/c1-2-17-11(16)10(15)4-9(14)7-3-8(12)6-13-5-7;;/h3-6,14H,2H2,1H3;;. The van der Waals surface area contributed by atoms with Crippen LogP contribution in [0.5, 0.6) is 0 Å². The molecular formula is C11H11FLiNO4. The number of ether oxygens (including phenoxy) is 1. The van der Waals surface area contributed by atoms with Crippen molar-refractivity contribution >= 4 is 36.4 Å². The fourth-order valence-corrected chi connectivity index (χ4v) is 1.02. The number of nitrogens with zero attached hydrogens (tertiary/aromatic N) is 1. The van der Waals surface area contributed by atoms with E-state index in [-0.39, 0.29) is 31.0 Å². The van der Waals surface area contributed by atoms with Crippen LogP contribution in [0.4, 0.5) is 4.39 Å². The second-order valence-electron chi connectivity index (χ2n) is 3.01. The molecular weight excluding hydrogens is 236 g/mol. The molecule has 0 spiro atoms. The first-order chi connectivity index (χ1) is 8.04.